The Kier molecular flexibility index (Phi) is 5.09. The van der Waals surface area contributed by atoms with Crippen LogP contribution in [0, 0.1) is 0 Å². The van der Waals surface area contributed by atoms with E-state index in [4.69, 9.17) is 0 Å². The van der Waals surface area contributed by atoms with E-state index in [1.807, 2.05) is 0 Å². The molecule has 1 N–H and O–H groups in total. The molecule has 1 spiro atoms. The topological polar surface area (TPSA) is 24.5 Å². The largest absolute Gasteiger partial charge is 0.411 e. The Morgan fingerprint density at radius 2 is 1.95 bits per heavy atom. The van der Waals surface area contributed by atoms with Crippen molar-refractivity contribution >= 4 is 0 Å². The van der Waals surface area contributed by atoms with Crippen LogP contribution in [-0.2, 0) is 4.74 Å². The molecule has 1 saturated heterocycles. The van der Waals surface area contributed by atoms with Crippen LogP contribution in [0.5, 0.6) is 0 Å². The van der Waals surface area contributed by atoms with Gasteiger partial charge < -0.3 is 10.1 Å². The van der Waals surface area contributed by atoms with Gasteiger partial charge in [0.15, 0.2) is 0 Å². The smallest absolute Gasteiger partial charge is 0.372 e. The molecule has 0 radical (unpaired) electrons. The Balaban J connectivity index is 1.69. The van der Waals surface area contributed by atoms with E-state index in [1.165, 1.54) is 25.7 Å². The summed E-state index contributed by atoms with van der Waals surface area (Å²) in [6.45, 7) is 2.92. The lowest BCUT2D eigenvalue weighted by atomic mass is 9.92. The fourth-order valence-corrected chi connectivity index (χ4v) is 3.30. The molecule has 2 aliphatic rings. The molecule has 1 heterocycles. The zero-order valence-electron chi connectivity index (χ0n) is 11.3. The Labute approximate surface area is 112 Å². The van der Waals surface area contributed by atoms with E-state index in [0.29, 0.717) is 6.42 Å². The Morgan fingerprint density at radius 3 is 2.63 bits per heavy atom. The minimum Gasteiger partial charge on any atom is -0.372 e. The van der Waals surface area contributed by atoms with Crippen molar-refractivity contribution in [2.45, 2.75) is 43.8 Å². The third kappa shape index (κ3) is 4.33. The highest BCUT2D eigenvalue weighted by molar-refractivity contribution is 4.99. The van der Waals surface area contributed by atoms with E-state index in [9.17, 15) is 13.2 Å². The lowest BCUT2D eigenvalue weighted by molar-refractivity contribution is -0.174. The average Bonchev–Trinajstić information content (AvgIpc) is 2.79. The Morgan fingerprint density at radius 1 is 1.21 bits per heavy atom. The quantitative estimate of drug-likeness (QED) is 0.781. The van der Waals surface area contributed by atoms with Crippen molar-refractivity contribution in [3.8, 4) is 0 Å². The maximum atomic E-state index is 11.9. The van der Waals surface area contributed by atoms with E-state index in [-0.39, 0.29) is 12.1 Å². The summed E-state index contributed by atoms with van der Waals surface area (Å²) in [7, 11) is 0. The summed E-state index contributed by atoms with van der Waals surface area (Å²) in [6, 6.07) is 0. The molecular formula is C13H23F3N2O. The molecule has 3 nitrogen and oxygen atoms in total. The second-order valence-electron chi connectivity index (χ2n) is 5.62. The predicted molar refractivity (Wildman–Crippen MR) is 67.1 cm³/mol. The van der Waals surface area contributed by atoms with E-state index in [2.05, 4.69) is 15.0 Å². The predicted octanol–water partition coefficient (Wildman–Crippen LogP) is 2.17. The second-order valence-corrected chi connectivity index (χ2v) is 5.62. The van der Waals surface area contributed by atoms with Crippen LogP contribution in [0.15, 0.2) is 0 Å². The van der Waals surface area contributed by atoms with Crippen molar-refractivity contribution in [3.63, 3.8) is 0 Å². The summed E-state index contributed by atoms with van der Waals surface area (Å²) in [6.07, 6.45) is 1.43. The molecule has 19 heavy (non-hydrogen) atoms. The number of alkyl halides is 3. The molecule has 2 rings (SSSR count). The van der Waals surface area contributed by atoms with Gasteiger partial charge in [0.1, 0.15) is 6.61 Å². The van der Waals surface area contributed by atoms with Gasteiger partial charge in [0.2, 0.25) is 0 Å². The first kappa shape index (κ1) is 15.1. The van der Waals surface area contributed by atoms with Gasteiger partial charge in [-0.2, -0.15) is 13.2 Å². The summed E-state index contributed by atoms with van der Waals surface area (Å²) in [5.74, 6) is 0. The molecule has 1 saturated carbocycles. The summed E-state index contributed by atoms with van der Waals surface area (Å²) in [4.78, 5) is 2.47. The van der Waals surface area contributed by atoms with Crippen molar-refractivity contribution < 1.29 is 17.9 Å². The third-order valence-electron chi connectivity index (χ3n) is 4.20. The molecule has 0 aromatic rings. The van der Waals surface area contributed by atoms with Crippen LogP contribution in [0.3, 0.4) is 0 Å². The molecule has 0 aromatic carbocycles. The highest BCUT2D eigenvalue weighted by atomic mass is 19.4. The molecule has 112 valence electrons. The molecule has 0 amide bonds. The van der Waals surface area contributed by atoms with Crippen LogP contribution < -0.4 is 5.32 Å². The van der Waals surface area contributed by atoms with Gasteiger partial charge in [-0.25, -0.2) is 0 Å². The standard InChI is InChI=1S/C13H23F3N2O/c14-13(15,16)11-19-9-3-7-18-8-6-17-10-12(18)4-1-2-5-12/h17H,1-11H2. The Hall–Kier alpha value is -0.330. The third-order valence-corrected chi connectivity index (χ3v) is 4.20. The summed E-state index contributed by atoms with van der Waals surface area (Å²) in [5, 5.41) is 3.45. The van der Waals surface area contributed by atoms with Gasteiger partial charge in [0.25, 0.3) is 0 Å². The molecule has 0 unspecified atom stereocenters. The monoisotopic (exact) mass is 280 g/mol. The van der Waals surface area contributed by atoms with Crippen molar-refractivity contribution in [2.24, 2.45) is 0 Å². The van der Waals surface area contributed by atoms with Crippen LogP contribution in [0.2, 0.25) is 0 Å². The molecule has 2 fully saturated rings. The van der Waals surface area contributed by atoms with Gasteiger partial charge in [-0.1, -0.05) is 12.8 Å². The highest BCUT2D eigenvalue weighted by Gasteiger charge is 2.40. The normalized spacial score (nSPS) is 24.2. The maximum Gasteiger partial charge on any atom is 0.411 e. The minimum absolute atomic E-state index is 0.194. The van der Waals surface area contributed by atoms with E-state index >= 15 is 0 Å². The summed E-state index contributed by atoms with van der Waals surface area (Å²) >= 11 is 0. The number of piperazine rings is 1. The number of halogens is 3. The van der Waals surface area contributed by atoms with E-state index in [0.717, 1.165) is 26.2 Å². The highest BCUT2D eigenvalue weighted by Crippen LogP contribution is 2.36. The molecule has 0 aromatic heterocycles. The lowest BCUT2D eigenvalue weighted by Crippen LogP contribution is -2.60. The molecule has 6 heteroatoms. The number of rotatable bonds is 5. The SMILES string of the molecule is FC(F)(F)COCCCN1CCNCC12CCCC2. The lowest BCUT2D eigenvalue weighted by Gasteiger charge is -2.45. The van der Waals surface area contributed by atoms with Crippen molar-refractivity contribution in [3.05, 3.63) is 0 Å². The van der Waals surface area contributed by atoms with Crippen LogP contribution in [0.4, 0.5) is 13.2 Å². The van der Waals surface area contributed by atoms with Crippen molar-refractivity contribution in [1.29, 1.82) is 0 Å². The molecule has 1 aliphatic heterocycles. The van der Waals surface area contributed by atoms with Crippen molar-refractivity contribution in [1.82, 2.24) is 10.2 Å². The number of nitrogens with one attached hydrogen (secondary N) is 1. The summed E-state index contributed by atoms with van der Waals surface area (Å²) < 4.78 is 40.5. The first-order valence-electron chi connectivity index (χ1n) is 7.12. The fraction of sp³-hybridized carbons (Fsp3) is 1.00. The number of nitrogens with zero attached hydrogens (tertiary/aromatic N) is 1. The molecular weight excluding hydrogens is 257 g/mol. The zero-order chi connectivity index (χ0) is 13.8. The fourth-order valence-electron chi connectivity index (χ4n) is 3.30. The van der Waals surface area contributed by atoms with Gasteiger partial charge in [0.05, 0.1) is 0 Å². The van der Waals surface area contributed by atoms with Gasteiger partial charge in [-0.15, -0.1) is 0 Å². The number of hydrogen-bond acceptors (Lipinski definition) is 3. The first-order valence-corrected chi connectivity index (χ1v) is 7.12. The van der Waals surface area contributed by atoms with Crippen LogP contribution >= 0.6 is 0 Å². The molecule has 0 atom stereocenters. The van der Waals surface area contributed by atoms with Crippen LogP contribution in [0.25, 0.3) is 0 Å². The first-order chi connectivity index (χ1) is 9.02. The second kappa shape index (κ2) is 6.41. The minimum atomic E-state index is -4.21. The zero-order valence-corrected chi connectivity index (χ0v) is 11.3. The Bertz CT molecular complexity index is 278. The van der Waals surface area contributed by atoms with E-state index in [1.54, 1.807) is 0 Å². The van der Waals surface area contributed by atoms with Crippen LogP contribution in [0.1, 0.15) is 32.1 Å². The van der Waals surface area contributed by atoms with Gasteiger partial charge in [-0.05, 0) is 19.3 Å². The van der Waals surface area contributed by atoms with E-state index < -0.39 is 12.8 Å². The average molecular weight is 280 g/mol. The molecule has 1 aliphatic carbocycles. The molecule has 0 bridgehead atoms. The number of ether oxygens (including phenoxy) is 1. The maximum absolute atomic E-state index is 11.9. The van der Waals surface area contributed by atoms with Crippen molar-refractivity contribution in [2.75, 3.05) is 39.4 Å². The van der Waals surface area contributed by atoms with Gasteiger partial charge in [0, 0.05) is 38.3 Å². The van der Waals surface area contributed by atoms with Crippen LogP contribution in [-0.4, -0.2) is 56.0 Å². The van der Waals surface area contributed by atoms with Gasteiger partial charge in [-0.3, -0.25) is 4.90 Å². The number of hydrogen-bond donors (Lipinski definition) is 1. The van der Waals surface area contributed by atoms with Gasteiger partial charge >= 0.3 is 6.18 Å². The summed E-state index contributed by atoms with van der Waals surface area (Å²) in [5.41, 5.74) is 0.266.